The number of sulfonamides is 1. The zero-order valence-electron chi connectivity index (χ0n) is 15.9. The normalized spacial score (nSPS) is 11.2. The summed E-state index contributed by atoms with van der Waals surface area (Å²) in [6.07, 6.45) is 0. The van der Waals surface area contributed by atoms with Crippen molar-refractivity contribution < 1.29 is 22.7 Å². The summed E-state index contributed by atoms with van der Waals surface area (Å²) in [6.45, 7) is 5.21. The molecule has 0 aliphatic heterocycles. The number of nitrogens with one attached hydrogen (secondary N) is 2. The third-order valence-electron chi connectivity index (χ3n) is 4.01. The van der Waals surface area contributed by atoms with Gasteiger partial charge in [0.25, 0.3) is 0 Å². The van der Waals surface area contributed by atoms with E-state index in [0.29, 0.717) is 5.69 Å². The van der Waals surface area contributed by atoms with Crippen LogP contribution in [0.3, 0.4) is 0 Å². The van der Waals surface area contributed by atoms with Gasteiger partial charge in [0.1, 0.15) is 4.90 Å². The largest absolute Gasteiger partial charge is 0.465 e. The molecule has 0 radical (unpaired) electrons. The number of rotatable bonds is 6. The first kappa shape index (κ1) is 21.9. The van der Waals surface area contributed by atoms with Crippen LogP contribution in [0.5, 0.6) is 0 Å². The maximum atomic E-state index is 12.4. The molecule has 0 saturated heterocycles. The van der Waals surface area contributed by atoms with Crippen molar-refractivity contribution >= 4 is 39.2 Å². The van der Waals surface area contributed by atoms with Gasteiger partial charge >= 0.3 is 5.97 Å². The number of aryl methyl sites for hydroxylation is 3. The van der Waals surface area contributed by atoms with Gasteiger partial charge in [-0.3, -0.25) is 4.79 Å². The van der Waals surface area contributed by atoms with Crippen LogP contribution in [0.1, 0.15) is 27.0 Å². The summed E-state index contributed by atoms with van der Waals surface area (Å²) < 4.78 is 31.7. The molecule has 2 aromatic carbocycles. The zero-order valence-corrected chi connectivity index (χ0v) is 17.5. The van der Waals surface area contributed by atoms with Gasteiger partial charge in [0.15, 0.2) is 0 Å². The number of esters is 1. The number of amides is 1. The van der Waals surface area contributed by atoms with E-state index in [1.165, 1.54) is 25.3 Å². The predicted molar refractivity (Wildman–Crippen MR) is 107 cm³/mol. The molecular weight excluding hydrogens is 404 g/mol. The molecule has 150 valence electrons. The summed E-state index contributed by atoms with van der Waals surface area (Å²) in [5.41, 5.74) is 3.61. The molecule has 0 saturated carbocycles. The number of hydrogen-bond donors (Lipinski definition) is 2. The summed E-state index contributed by atoms with van der Waals surface area (Å²) in [5.74, 6) is -1.15. The van der Waals surface area contributed by atoms with Crippen LogP contribution in [-0.4, -0.2) is 33.9 Å². The Balaban J connectivity index is 2.11. The van der Waals surface area contributed by atoms with Crippen LogP contribution in [0, 0.1) is 20.8 Å². The van der Waals surface area contributed by atoms with E-state index in [0.717, 1.165) is 16.7 Å². The Morgan fingerprint density at radius 1 is 1.07 bits per heavy atom. The highest BCUT2D eigenvalue weighted by atomic mass is 35.5. The maximum Gasteiger partial charge on any atom is 0.337 e. The molecule has 2 aromatic rings. The molecule has 0 aliphatic carbocycles. The van der Waals surface area contributed by atoms with Crippen molar-refractivity contribution in [3.8, 4) is 0 Å². The van der Waals surface area contributed by atoms with Crippen molar-refractivity contribution in [1.29, 1.82) is 0 Å². The van der Waals surface area contributed by atoms with Crippen molar-refractivity contribution in [3.05, 3.63) is 57.6 Å². The first-order chi connectivity index (χ1) is 13.0. The van der Waals surface area contributed by atoms with Crippen molar-refractivity contribution in [1.82, 2.24) is 4.72 Å². The summed E-state index contributed by atoms with van der Waals surface area (Å²) in [7, 11) is -2.84. The van der Waals surface area contributed by atoms with Gasteiger partial charge in [-0.2, -0.15) is 0 Å². The van der Waals surface area contributed by atoms with Crippen LogP contribution >= 0.6 is 11.6 Å². The second kappa shape index (κ2) is 8.72. The molecule has 7 nitrogen and oxygen atoms in total. The van der Waals surface area contributed by atoms with E-state index in [1.54, 1.807) is 0 Å². The van der Waals surface area contributed by atoms with Crippen LogP contribution in [0.25, 0.3) is 0 Å². The lowest BCUT2D eigenvalue weighted by Gasteiger charge is -2.13. The third-order valence-corrected chi connectivity index (χ3v) is 5.89. The molecule has 0 aliphatic rings. The van der Waals surface area contributed by atoms with Gasteiger partial charge in [-0.1, -0.05) is 29.3 Å². The molecule has 0 unspecified atom stereocenters. The molecular formula is C19H21ClN2O5S. The fraction of sp³-hybridized carbons (Fsp3) is 0.263. The second-order valence-electron chi connectivity index (χ2n) is 6.28. The lowest BCUT2D eigenvalue weighted by molar-refractivity contribution is -0.115. The Hall–Kier alpha value is -2.42. The van der Waals surface area contributed by atoms with E-state index in [4.69, 9.17) is 11.6 Å². The Morgan fingerprint density at radius 2 is 1.68 bits per heavy atom. The van der Waals surface area contributed by atoms with Crippen molar-refractivity contribution in [3.63, 3.8) is 0 Å². The molecule has 9 heteroatoms. The molecule has 0 atom stereocenters. The van der Waals surface area contributed by atoms with Crippen LogP contribution in [-0.2, 0) is 19.6 Å². The minimum Gasteiger partial charge on any atom is -0.465 e. The molecule has 0 aromatic heterocycles. The number of halogens is 1. The number of carbonyl (C=O) groups is 2. The molecule has 0 spiro atoms. The highest BCUT2D eigenvalue weighted by molar-refractivity contribution is 7.89. The van der Waals surface area contributed by atoms with Crippen LogP contribution in [0.4, 0.5) is 5.69 Å². The SMILES string of the molecule is COC(=O)c1ccc(S(=O)(=O)NCC(=O)Nc2c(C)cc(C)cc2C)c(Cl)c1. The van der Waals surface area contributed by atoms with Crippen LogP contribution in [0.15, 0.2) is 35.2 Å². The van der Waals surface area contributed by atoms with Crippen LogP contribution < -0.4 is 10.0 Å². The first-order valence-electron chi connectivity index (χ1n) is 8.30. The monoisotopic (exact) mass is 424 g/mol. The van der Waals surface area contributed by atoms with Gasteiger partial charge < -0.3 is 10.1 Å². The highest BCUT2D eigenvalue weighted by Gasteiger charge is 2.21. The quantitative estimate of drug-likeness (QED) is 0.694. The van der Waals surface area contributed by atoms with E-state index in [1.807, 2.05) is 32.9 Å². The van der Waals surface area contributed by atoms with Gasteiger partial charge in [-0.25, -0.2) is 17.9 Å². The fourth-order valence-electron chi connectivity index (χ4n) is 2.76. The highest BCUT2D eigenvalue weighted by Crippen LogP contribution is 2.24. The Morgan fingerprint density at radius 3 is 2.21 bits per heavy atom. The van der Waals surface area contributed by atoms with Gasteiger partial charge in [0.05, 0.1) is 24.2 Å². The average molecular weight is 425 g/mol. The molecule has 0 bridgehead atoms. The predicted octanol–water partition coefficient (Wildman–Crippen LogP) is 2.97. The number of ether oxygens (including phenoxy) is 1. The van der Waals surface area contributed by atoms with E-state index >= 15 is 0 Å². The number of anilines is 1. The van der Waals surface area contributed by atoms with E-state index in [-0.39, 0.29) is 15.5 Å². The fourth-order valence-corrected chi connectivity index (χ4v) is 4.29. The minimum absolute atomic E-state index is 0.120. The molecule has 1 amide bonds. The summed E-state index contributed by atoms with van der Waals surface area (Å²) >= 11 is 5.99. The Kier molecular flexibility index (Phi) is 6.82. The van der Waals surface area contributed by atoms with Gasteiger partial charge in [0.2, 0.25) is 15.9 Å². The second-order valence-corrected chi connectivity index (χ2v) is 8.43. The summed E-state index contributed by atoms with van der Waals surface area (Å²) in [6, 6.07) is 7.51. The van der Waals surface area contributed by atoms with Crippen LogP contribution in [0.2, 0.25) is 5.02 Å². The van der Waals surface area contributed by atoms with Crippen molar-refractivity contribution in [2.45, 2.75) is 25.7 Å². The maximum absolute atomic E-state index is 12.4. The van der Waals surface area contributed by atoms with Gasteiger partial charge in [0, 0.05) is 5.69 Å². The Bertz CT molecular complexity index is 1010. The first-order valence-corrected chi connectivity index (χ1v) is 10.2. The third kappa shape index (κ3) is 5.09. The number of methoxy groups -OCH3 is 1. The molecule has 2 N–H and O–H groups in total. The Labute approximate surface area is 169 Å². The van der Waals surface area contributed by atoms with E-state index in [2.05, 4.69) is 14.8 Å². The zero-order chi connectivity index (χ0) is 21.1. The molecule has 0 heterocycles. The number of benzene rings is 2. The van der Waals surface area contributed by atoms with E-state index in [9.17, 15) is 18.0 Å². The van der Waals surface area contributed by atoms with E-state index < -0.39 is 28.4 Å². The lowest BCUT2D eigenvalue weighted by atomic mass is 10.1. The molecule has 28 heavy (non-hydrogen) atoms. The average Bonchev–Trinajstić information content (AvgIpc) is 2.62. The van der Waals surface area contributed by atoms with Gasteiger partial charge in [-0.05, 0) is 50.1 Å². The number of carbonyl (C=O) groups excluding carboxylic acids is 2. The topological polar surface area (TPSA) is 102 Å². The molecule has 2 rings (SSSR count). The molecule has 0 fully saturated rings. The standard InChI is InChI=1S/C19H21ClN2O5S/c1-11-7-12(2)18(13(3)8-11)22-17(23)10-21-28(25,26)16-6-5-14(9-15(16)20)19(24)27-4/h5-9,21H,10H2,1-4H3,(H,22,23). The summed E-state index contributed by atoms with van der Waals surface area (Å²) in [5, 5.41) is 2.56. The van der Waals surface area contributed by atoms with Gasteiger partial charge in [-0.15, -0.1) is 0 Å². The van der Waals surface area contributed by atoms with Crippen molar-refractivity contribution in [2.75, 3.05) is 19.0 Å². The lowest BCUT2D eigenvalue weighted by Crippen LogP contribution is -2.33. The summed E-state index contributed by atoms with van der Waals surface area (Å²) in [4.78, 5) is 23.5. The minimum atomic E-state index is -4.05. The smallest absolute Gasteiger partial charge is 0.337 e. The number of hydrogen-bond acceptors (Lipinski definition) is 5. The van der Waals surface area contributed by atoms with Crippen molar-refractivity contribution in [2.24, 2.45) is 0 Å².